The van der Waals surface area contributed by atoms with Gasteiger partial charge in [-0.25, -0.2) is 4.79 Å². The van der Waals surface area contributed by atoms with Crippen LogP contribution < -0.4 is 15.7 Å². The zero-order valence-electron chi connectivity index (χ0n) is 18.7. The van der Waals surface area contributed by atoms with Gasteiger partial charge in [-0.15, -0.1) is 0 Å². The van der Waals surface area contributed by atoms with Crippen molar-refractivity contribution in [1.82, 2.24) is 5.32 Å². The normalized spacial score (nSPS) is 11.8. The molecule has 1 aromatic heterocycles. The van der Waals surface area contributed by atoms with Gasteiger partial charge in [-0.05, 0) is 53.9 Å². The van der Waals surface area contributed by atoms with Crippen molar-refractivity contribution in [3.8, 4) is 17.2 Å². The fourth-order valence-corrected chi connectivity index (χ4v) is 3.94. The summed E-state index contributed by atoms with van der Waals surface area (Å²) in [5, 5.41) is 23.7. The van der Waals surface area contributed by atoms with E-state index >= 15 is 0 Å². The molecule has 7 heteroatoms. The number of amides is 1. The van der Waals surface area contributed by atoms with Gasteiger partial charge < -0.3 is 24.7 Å². The first-order chi connectivity index (χ1) is 16.5. The molecule has 0 saturated carbocycles. The molecule has 3 N–H and O–H groups in total. The van der Waals surface area contributed by atoms with Crippen LogP contribution in [0.2, 0.25) is 0 Å². The highest BCUT2D eigenvalue weighted by atomic mass is 16.5. The number of hydrogen-bond donors (Lipinski definition) is 3. The highest BCUT2D eigenvalue weighted by Crippen LogP contribution is 2.36. The summed E-state index contributed by atoms with van der Waals surface area (Å²) in [7, 11) is 1.55. The predicted molar refractivity (Wildman–Crippen MR) is 128 cm³/mol. The third-order valence-electron chi connectivity index (χ3n) is 5.75. The first kappa shape index (κ1) is 22.9. The second-order valence-corrected chi connectivity index (χ2v) is 7.94. The monoisotopic (exact) mass is 459 g/mol. The lowest BCUT2D eigenvalue weighted by molar-refractivity contribution is -0.121. The molecule has 0 bridgehead atoms. The van der Waals surface area contributed by atoms with Crippen LogP contribution in [-0.4, -0.2) is 29.8 Å². The van der Waals surface area contributed by atoms with Crippen LogP contribution in [0.25, 0.3) is 11.0 Å². The fraction of sp³-hybridized carbons (Fsp3) is 0.185. The van der Waals surface area contributed by atoms with E-state index in [2.05, 4.69) is 5.32 Å². The molecule has 4 aromatic rings. The highest BCUT2D eigenvalue weighted by molar-refractivity contribution is 5.85. The molecule has 34 heavy (non-hydrogen) atoms. The van der Waals surface area contributed by atoms with Crippen molar-refractivity contribution in [2.75, 3.05) is 13.7 Å². The zero-order chi connectivity index (χ0) is 24.1. The van der Waals surface area contributed by atoms with Crippen molar-refractivity contribution in [2.24, 2.45) is 0 Å². The van der Waals surface area contributed by atoms with Crippen molar-refractivity contribution < 1.29 is 24.2 Å². The third-order valence-corrected chi connectivity index (χ3v) is 5.75. The van der Waals surface area contributed by atoms with Gasteiger partial charge in [-0.2, -0.15) is 0 Å². The quantitative estimate of drug-likeness (QED) is 0.343. The molecule has 0 saturated heterocycles. The Morgan fingerprint density at radius 1 is 1.00 bits per heavy atom. The summed E-state index contributed by atoms with van der Waals surface area (Å²) in [5.41, 5.74) is 1.28. The second-order valence-electron chi connectivity index (χ2n) is 7.94. The number of para-hydroxylation sites is 1. The topological polar surface area (TPSA) is 109 Å². The van der Waals surface area contributed by atoms with Crippen LogP contribution in [0, 0.1) is 0 Å². The number of aromatic hydroxyl groups is 2. The van der Waals surface area contributed by atoms with Crippen LogP contribution in [0.5, 0.6) is 17.2 Å². The summed E-state index contributed by atoms with van der Waals surface area (Å²) in [6, 6.07) is 20.5. The lowest BCUT2D eigenvalue weighted by atomic mass is 9.88. The van der Waals surface area contributed by atoms with Gasteiger partial charge >= 0.3 is 5.63 Å². The minimum atomic E-state index is -0.722. The summed E-state index contributed by atoms with van der Waals surface area (Å²) >= 11 is 0. The number of carbonyl (C=O) groups excluding carboxylic acids is 1. The lowest BCUT2D eigenvalue weighted by Gasteiger charge is -2.19. The van der Waals surface area contributed by atoms with Gasteiger partial charge in [0.25, 0.3) is 0 Å². The van der Waals surface area contributed by atoms with Gasteiger partial charge in [0.1, 0.15) is 22.8 Å². The Balaban J connectivity index is 1.61. The molecule has 0 spiro atoms. The number of phenols is 1. The molecule has 0 unspecified atom stereocenters. The van der Waals surface area contributed by atoms with Gasteiger partial charge in [0, 0.05) is 18.9 Å². The average Bonchev–Trinajstić information content (AvgIpc) is 2.85. The summed E-state index contributed by atoms with van der Waals surface area (Å²) in [6.07, 6.45) is 0.529. The van der Waals surface area contributed by atoms with Crippen LogP contribution in [-0.2, 0) is 11.2 Å². The second kappa shape index (κ2) is 10.1. The van der Waals surface area contributed by atoms with E-state index in [4.69, 9.17) is 9.15 Å². The van der Waals surface area contributed by atoms with Crippen molar-refractivity contribution in [3.05, 3.63) is 99.9 Å². The minimum absolute atomic E-state index is 0.0394. The summed E-state index contributed by atoms with van der Waals surface area (Å²) < 4.78 is 10.7. The summed E-state index contributed by atoms with van der Waals surface area (Å²) in [4.78, 5) is 25.8. The molecule has 0 aliphatic carbocycles. The molecule has 0 aliphatic heterocycles. The van der Waals surface area contributed by atoms with Crippen LogP contribution >= 0.6 is 0 Å². The van der Waals surface area contributed by atoms with Gasteiger partial charge in [0.05, 0.1) is 18.1 Å². The van der Waals surface area contributed by atoms with Crippen LogP contribution in [0.15, 0.2) is 82.0 Å². The molecular weight excluding hydrogens is 434 g/mol. The van der Waals surface area contributed by atoms with E-state index in [0.717, 1.165) is 5.56 Å². The number of hydrogen-bond acceptors (Lipinski definition) is 6. The predicted octanol–water partition coefficient (Wildman–Crippen LogP) is 4.09. The maximum absolute atomic E-state index is 12.9. The Hall–Kier alpha value is -4.26. The lowest BCUT2D eigenvalue weighted by Crippen LogP contribution is -2.28. The SMILES string of the molecule is COc1ccc([C@H](CC(=O)NCCc2ccc(O)cc2)c2c(O)c3ccccc3oc2=O)cc1. The van der Waals surface area contributed by atoms with Gasteiger partial charge in [-0.1, -0.05) is 36.4 Å². The fourth-order valence-electron chi connectivity index (χ4n) is 3.94. The molecule has 1 heterocycles. The molecule has 4 rings (SSSR count). The molecular formula is C27H25NO6. The minimum Gasteiger partial charge on any atom is -0.508 e. The molecule has 3 aromatic carbocycles. The standard InChI is InChI=1S/C27H25NO6/c1-33-20-12-8-18(9-13-20)22(16-24(30)28-15-14-17-6-10-19(29)11-7-17)25-26(31)21-4-2-3-5-23(21)34-27(25)32/h2-13,22,29,31H,14-16H2,1H3,(H,28,30)/t22-/m0/s1. The Kier molecular flexibility index (Phi) is 6.82. The van der Waals surface area contributed by atoms with E-state index in [1.54, 1.807) is 79.9 Å². The van der Waals surface area contributed by atoms with E-state index in [9.17, 15) is 19.8 Å². The van der Waals surface area contributed by atoms with Gasteiger partial charge in [0.2, 0.25) is 5.91 Å². The largest absolute Gasteiger partial charge is 0.508 e. The van der Waals surface area contributed by atoms with E-state index < -0.39 is 11.5 Å². The number of phenolic OH excluding ortho intramolecular Hbond substituents is 1. The maximum atomic E-state index is 12.9. The van der Waals surface area contributed by atoms with E-state index in [0.29, 0.717) is 29.7 Å². The molecule has 174 valence electrons. The first-order valence-electron chi connectivity index (χ1n) is 10.9. The average molecular weight is 459 g/mol. The number of ether oxygens (including phenoxy) is 1. The van der Waals surface area contributed by atoms with E-state index in [-0.39, 0.29) is 35.0 Å². The first-order valence-corrected chi connectivity index (χ1v) is 10.9. The molecule has 1 amide bonds. The Bertz CT molecular complexity index is 1340. The zero-order valence-corrected chi connectivity index (χ0v) is 18.7. The van der Waals surface area contributed by atoms with E-state index in [1.165, 1.54) is 0 Å². The number of methoxy groups -OCH3 is 1. The van der Waals surface area contributed by atoms with Crippen LogP contribution in [0.1, 0.15) is 29.0 Å². The van der Waals surface area contributed by atoms with Gasteiger partial charge in [-0.3, -0.25) is 4.79 Å². The molecule has 0 radical (unpaired) electrons. The Morgan fingerprint density at radius 3 is 2.41 bits per heavy atom. The van der Waals surface area contributed by atoms with Crippen molar-refractivity contribution >= 4 is 16.9 Å². The molecule has 1 atom stereocenters. The van der Waals surface area contributed by atoms with E-state index in [1.807, 2.05) is 0 Å². The van der Waals surface area contributed by atoms with Crippen molar-refractivity contribution in [1.29, 1.82) is 0 Å². The molecule has 0 aliphatic rings. The molecule has 7 nitrogen and oxygen atoms in total. The maximum Gasteiger partial charge on any atom is 0.343 e. The third kappa shape index (κ3) is 5.04. The molecule has 0 fully saturated rings. The van der Waals surface area contributed by atoms with Gasteiger partial charge in [0.15, 0.2) is 0 Å². The Morgan fingerprint density at radius 2 is 1.71 bits per heavy atom. The highest BCUT2D eigenvalue weighted by Gasteiger charge is 2.27. The number of nitrogens with one attached hydrogen (secondary N) is 1. The van der Waals surface area contributed by atoms with Crippen LogP contribution in [0.3, 0.4) is 0 Å². The summed E-state index contributed by atoms with van der Waals surface area (Å²) in [6.45, 7) is 0.386. The number of rotatable bonds is 8. The summed E-state index contributed by atoms with van der Waals surface area (Å²) in [5.74, 6) is -0.365. The Labute approximate surface area is 196 Å². The number of fused-ring (bicyclic) bond motifs is 1. The smallest absolute Gasteiger partial charge is 0.343 e. The van der Waals surface area contributed by atoms with Crippen LogP contribution in [0.4, 0.5) is 0 Å². The number of carbonyl (C=O) groups is 1. The van der Waals surface area contributed by atoms with Crippen molar-refractivity contribution in [2.45, 2.75) is 18.8 Å². The van der Waals surface area contributed by atoms with Crippen molar-refractivity contribution in [3.63, 3.8) is 0 Å². The number of benzene rings is 3.